The van der Waals surface area contributed by atoms with Crippen LogP contribution < -0.4 is 5.73 Å². The Morgan fingerprint density at radius 3 is 2.75 bits per heavy atom. The van der Waals surface area contributed by atoms with Crippen molar-refractivity contribution in [3.05, 3.63) is 18.5 Å². The van der Waals surface area contributed by atoms with Crippen molar-refractivity contribution in [3.63, 3.8) is 0 Å². The first-order valence-electron chi connectivity index (χ1n) is 5.15. The molecule has 0 fully saturated rings. The highest BCUT2D eigenvalue weighted by molar-refractivity contribution is 5.40. The highest BCUT2D eigenvalue weighted by Gasteiger charge is 2.10. The van der Waals surface area contributed by atoms with Crippen LogP contribution in [0.4, 0.5) is 0 Å². The van der Waals surface area contributed by atoms with Crippen LogP contribution in [0.25, 0.3) is 11.6 Å². The maximum Gasteiger partial charge on any atom is 0.219 e. The van der Waals surface area contributed by atoms with Crippen LogP contribution in [0.1, 0.15) is 12.8 Å². The van der Waals surface area contributed by atoms with Gasteiger partial charge in [0.05, 0.1) is 0 Å². The zero-order valence-electron chi connectivity index (χ0n) is 8.82. The Morgan fingerprint density at radius 1 is 1.19 bits per heavy atom. The van der Waals surface area contributed by atoms with E-state index in [4.69, 9.17) is 5.73 Å². The van der Waals surface area contributed by atoms with E-state index < -0.39 is 0 Å². The van der Waals surface area contributed by atoms with Crippen LogP contribution in [0.5, 0.6) is 0 Å². The largest absolute Gasteiger partial charge is 0.330 e. The van der Waals surface area contributed by atoms with Crippen LogP contribution in [0, 0.1) is 0 Å². The van der Waals surface area contributed by atoms with Crippen molar-refractivity contribution in [2.45, 2.75) is 19.4 Å². The van der Waals surface area contributed by atoms with Gasteiger partial charge in [-0.15, -0.1) is 5.10 Å². The standard InChI is InChI=1S/C9H13N7/c10-4-1-2-7-16-9(13-14-15-16)8-11-5-3-6-12-8/h3,5-6H,1-2,4,7,10H2. The predicted octanol–water partition coefficient (Wildman–Crippen LogP) is -0.131. The molecular weight excluding hydrogens is 206 g/mol. The van der Waals surface area contributed by atoms with Gasteiger partial charge in [0.25, 0.3) is 0 Å². The topological polar surface area (TPSA) is 95.4 Å². The molecular formula is C9H13N7. The number of nitrogens with two attached hydrogens (primary N) is 1. The van der Waals surface area contributed by atoms with Crippen molar-refractivity contribution in [3.8, 4) is 11.6 Å². The number of rotatable bonds is 5. The third kappa shape index (κ3) is 2.37. The number of unbranched alkanes of at least 4 members (excludes halogenated alkanes) is 1. The zero-order chi connectivity index (χ0) is 11.2. The van der Waals surface area contributed by atoms with Crippen molar-refractivity contribution >= 4 is 0 Å². The summed E-state index contributed by atoms with van der Waals surface area (Å²) in [7, 11) is 0. The second-order valence-corrected chi connectivity index (χ2v) is 3.29. The number of hydrogen-bond acceptors (Lipinski definition) is 6. The van der Waals surface area contributed by atoms with Gasteiger partial charge in [0.1, 0.15) is 0 Å². The van der Waals surface area contributed by atoms with Gasteiger partial charge in [-0.25, -0.2) is 14.6 Å². The van der Waals surface area contributed by atoms with E-state index in [2.05, 4.69) is 25.5 Å². The van der Waals surface area contributed by atoms with Crippen molar-refractivity contribution < 1.29 is 0 Å². The summed E-state index contributed by atoms with van der Waals surface area (Å²) in [4.78, 5) is 8.22. The second-order valence-electron chi connectivity index (χ2n) is 3.29. The fourth-order valence-corrected chi connectivity index (χ4v) is 1.34. The Hall–Kier alpha value is -1.89. The summed E-state index contributed by atoms with van der Waals surface area (Å²) < 4.78 is 1.70. The summed E-state index contributed by atoms with van der Waals surface area (Å²) in [5.74, 6) is 1.14. The van der Waals surface area contributed by atoms with E-state index in [9.17, 15) is 0 Å². The average Bonchev–Trinajstić information content (AvgIpc) is 2.79. The number of aromatic nitrogens is 6. The molecule has 2 heterocycles. The lowest BCUT2D eigenvalue weighted by atomic mass is 10.3. The first kappa shape index (κ1) is 10.6. The minimum absolute atomic E-state index is 0.542. The Balaban J connectivity index is 2.13. The van der Waals surface area contributed by atoms with Crippen molar-refractivity contribution in [1.29, 1.82) is 0 Å². The summed E-state index contributed by atoms with van der Waals surface area (Å²) >= 11 is 0. The van der Waals surface area contributed by atoms with Gasteiger partial charge in [0.15, 0.2) is 5.82 Å². The molecule has 2 aromatic heterocycles. The normalized spacial score (nSPS) is 10.6. The molecule has 0 spiro atoms. The van der Waals surface area contributed by atoms with Crippen LogP contribution in [0.15, 0.2) is 18.5 Å². The van der Waals surface area contributed by atoms with E-state index in [1.165, 1.54) is 0 Å². The summed E-state index contributed by atoms with van der Waals surface area (Å²) in [6, 6.07) is 1.76. The van der Waals surface area contributed by atoms with Crippen LogP contribution in [-0.2, 0) is 6.54 Å². The number of tetrazole rings is 1. The molecule has 0 aliphatic carbocycles. The average molecular weight is 219 g/mol. The minimum atomic E-state index is 0.542. The summed E-state index contributed by atoms with van der Waals surface area (Å²) in [5, 5.41) is 11.4. The van der Waals surface area contributed by atoms with Gasteiger partial charge in [-0.2, -0.15) is 0 Å². The van der Waals surface area contributed by atoms with Gasteiger partial charge < -0.3 is 5.73 Å². The second kappa shape index (κ2) is 5.26. The minimum Gasteiger partial charge on any atom is -0.330 e. The molecule has 0 saturated heterocycles. The molecule has 0 bridgehead atoms. The molecule has 0 atom stereocenters. The Bertz CT molecular complexity index is 424. The van der Waals surface area contributed by atoms with E-state index in [-0.39, 0.29) is 0 Å². The molecule has 0 radical (unpaired) electrons. The lowest BCUT2D eigenvalue weighted by Crippen LogP contribution is -2.07. The smallest absolute Gasteiger partial charge is 0.219 e. The summed E-state index contributed by atoms with van der Waals surface area (Å²) in [5.41, 5.74) is 5.43. The van der Waals surface area contributed by atoms with Crippen LogP contribution in [0.3, 0.4) is 0 Å². The van der Waals surface area contributed by atoms with Gasteiger partial charge in [-0.1, -0.05) is 0 Å². The number of aryl methyl sites for hydroxylation is 1. The molecule has 2 aromatic rings. The van der Waals surface area contributed by atoms with Crippen molar-refractivity contribution in [2.75, 3.05) is 6.54 Å². The maximum absolute atomic E-state index is 5.43. The lowest BCUT2D eigenvalue weighted by Gasteiger charge is -2.02. The molecule has 2 rings (SSSR count). The van der Waals surface area contributed by atoms with Gasteiger partial charge in [0.2, 0.25) is 5.82 Å². The molecule has 16 heavy (non-hydrogen) atoms. The quantitative estimate of drug-likeness (QED) is 0.704. The molecule has 84 valence electrons. The van der Waals surface area contributed by atoms with E-state index in [1.807, 2.05) is 0 Å². The van der Waals surface area contributed by atoms with Crippen LogP contribution in [-0.4, -0.2) is 36.7 Å². The first-order valence-corrected chi connectivity index (χ1v) is 5.15. The Kier molecular flexibility index (Phi) is 3.50. The number of nitrogens with zero attached hydrogens (tertiary/aromatic N) is 6. The third-order valence-electron chi connectivity index (χ3n) is 2.12. The van der Waals surface area contributed by atoms with Gasteiger partial charge in [-0.05, 0) is 35.9 Å². The summed E-state index contributed by atoms with van der Waals surface area (Å²) in [6.45, 7) is 1.41. The van der Waals surface area contributed by atoms with Crippen molar-refractivity contribution in [2.24, 2.45) is 5.73 Å². The Morgan fingerprint density at radius 2 is 2.00 bits per heavy atom. The third-order valence-corrected chi connectivity index (χ3v) is 2.12. The molecule has 0 unspecified atom stereocenters. The fraction of sp³-hybridized carbons (Fsp3) is 0.444. The maximum atomic E-state index is 5.43. The highest BCUT2D eigenvalue weighted by atomic mass is 15.5. The predicted molar refractivity (Wildman–Crippen MR) is 57.1 cm³/mol. The SMILES string of the molecule is NCCCCn1nnnc1-c1ncccn1. The molecule has 2 N–H and O–H groups in total. The van der Waals surface area contributed by atoms with Crippen molar-refractivity contribution in [1.82, 2.24) is 30.2 Å². The Labute approximate surface area is 92.7 Å². The van der Waals surface area contributed by atoms with Crippen LogP contribution in [0.2, 0.25) is 0 Å². The molecule has 0 saturated carbocycles. The van der Waals surface area contributed by atoms with Crippen LogP contribution >= 0.6 is 0 Å². The molecule has 7 heteroatoms. The van der Waals surface area contributed by atoms with Gasteiger partial charge in [0, 0.05) is 18.9 Å². The monoisotopic (exact) mass is 219 g/mol. The lowest BCUT2D eigenvalue weighted by molar-refractivity contribution is 0.547. The van der Waals surface area contributed by atoms with Gasteiger partial charge in [-0.3, -0.25) is 0 Å². The molecule has 0 aliphatic rings. The molecule has 0 amide bonds. The number of hydrogen-bond donors (Lipinski definition) is 1. The van der Waals surface area contributed by atoms with Gasteiger partial charge >= 0.3 is 0 Å². The van der Waals surface area contributed by atoms with E-state index in [1.54, 1.807) is 23.1 Å². The van der Waals surface area contributed by atoms with E-state index in [0.29, 0.717) is 18.2 Å². The van der Waals surface area contributed by atoms with E-state index in [0.717, 1.165) is 19.4 Å². The molecule has 7 nitrogen and oxygen atoms in total. The first-order chi connectivity index (χ1) is 7.92. The molecule has 0 aliphatic heterocycles. The fourth-order valence-electron chi connectivity index (χ4n) is 1.34. The summed E-state index contributed by atoms with van der Waals surface area (Å²) in [6.07, 6.45) is 5.23. The van der Waals surface area contributed by atoms with E-state index >= 15 is 0 Å². The molecule has 0 aromatic carbocycles. The highest BCUT2D eigenvalue weighted by Crippen LogP contribution is 2.08. The zero-order valence-corrected chi connectivity index (χ0v) is 8.82.